The van der Waals surface area contributed by atoms with Crippen molar-refractivity contribution in [3.05, 3.63) is 64.8 Å². The number of alkyl halides is 3. The zero-order chi connectivity index (χ0) is 27.0. The average molecular weight is 544 g/mol. The van der Waals surface area contributed by atoms with E-state index in [1.54, 1.807) is 37.3 Å². The van der Waals surface area contributed by atoms with Gasteiger partial charge in [0.15, 0.2) is 0 Å². The molecule has 7 nitrogen and oxygen atoms in total. The van der Waals surface area contributed by atoms with Gasteiger partial charge >= 0.3 is 6.18 Å². The van der Waals surface area contributed by atoms with Crippen LogP contribution < -0.4 is 15.6 Å². The van der Waals surface area contributed by atoms with Crippen LogP contribution in [0.4, 0.5) is 24.5 Å². The second-order valence-corrected chi connectivity index (χ2v) is 10.1. The van der Waals surface area contributed by atoms with E-state index in [-0.39, 0.29) is 35.8 Å². The summed E-state index contributed by atoms with van der Waals surface area (Å²) in [7, 11) is 0. The van der Waals surface area contributed by atoms with E-state index in [2.05, 4.69) is 20.7 Å². The molecule has 2 N–H and O–H groups in total. The molecule has 2 amide bonds. The highest BCUT2D eigenvalue weighted by Crippen LogP contribution is 2.35. The molecule has 3 aromatic rings. The minimum atomic E-state index is -4.57. The van der Waals surface area contributed by atoms with Crippen molar-refractivity contribution < 1.29 is 22.8 Å². The average Bonchev–Trinajstić information content (AvgIpc) is 3.22. The summed E-state index contributed by atoms with van der Waals surface area (Å²) in [6.07, 6.45) is -1.59. The van der Waals surface area contributed by atoms with Gasteiger partial charge in [-0.05, 0) is 81.1 Å². The fourth-order valence-electron chi connectivity index (χ4n) is 4.84. The van der Waals surface area contributed by atoms with Gasteiger partial charge in [-0.15, -0.1) is 0 Å². The van der Waals surface area contributed by atoms with Crippen LogP contribution in [-0.4, -0.2) is 34.6 Å². The molecule has 2 aromatic carbocycles. The third-order valence-electron chi connectivity index (χ3n) is 6.77. The molecule has 0 unspecified atom stereocenters. The van der Waals surface area contributed by atoms with Crippen molar-refractivity contribution in [2.75, 3.05) is 10.3 Å². The molecule has 38 heavy (non-hydrogen) atoms. The van der Waals surface area contributed by atoms with Crippen LogP contribution in [0.2, 0.25) is 5.02 Å². The first-order chi connectivity index (χ1) is 18.1. The summed E-state index contributed by atoms with van der Waals surface area (Å²) < 4.78 is 40.3. The molecule has 198 valence electrons. The van der Waals surface area contributed by atoms with Gasteiger partial charge in [0.25, 0.3) is 11.8 Å². The summed E-state index contributed by atoms with van der Waals surface area (Å²) in [4.78, 5) is 28.6. The second kappa shape index (κ2) is 10.2. The topological polar surface area (TPSA) is 86.7 Å². The molecule has 1 aromatic heterocycles. The van der Waals surface area contributed by atoms with E-state index >= 15 is 0 Å². The lowest BCUT2D eigenvalue weighted by atomic mass is 9.90. The van der Waals surface area contributed by atoms with E-state index in [0.717, 1.165) is 11.8 Å². The van der Waals surface area contributed by atoms with Crippen LogP contribution in [0, 0.1) is 0 Å². The Morgan fingerprint density at radius 2 is 1.71 bits per heavy atom. The molecular weight excluding hydrogens is 519 g/mol. The fraction of sp³-hybridized carbons (Fsp3) is 0.333. The zero-order valence-corrected chi connectivity index (χ0v) is 21.2. The Morgan fingerprint density at radius 3 is 2.34 bits per heavy atom. The van der Waals surface area contributed by atoms with Gasteiger partial charge in [-0.2, -0.15) is 18.3 Å². The molecule has 1 saturated carbocycles. The number of hydrazone groups is 1. The van der Waals surface area contributed by atoms with Crippen molar-refractivity contribution in [3.63, 3.8) is 0 Å². The second-order valence-electron chi connectivity index (χ2n) is 9.65. The number of pyridine rings is 1. The highest BCUT2D eigenvalue weighted by atomic mass is 35.5. The molecule has 11 heteroatoms. The first-order valence-electron chi connectivity index (χ1n) is 12.3. The van der Waals surface area contributed by atoms with Crippen LogP contribution in [0.3, 0.4) is 0 Å². The molecule has 1 fully saturated rings. The predicted octanol–water partition coefficient (Wildman–Crippen LogP) is 6.17. The van der Waals surface area contributed by atoms with E-state index in [1.807, 2.05) is 0 Å². The number of fused-ring (bicyclic) bond motifs is 1. The number of anilines is 2. The first-order valence-corrected chi connectivity index (χ1v) is 12.7. The number of hydrogen-bond donors (Lipinski definition) is 2. The number of hydrogen-bond acceptors (Lipinski definition) is 5. The van der Waals surface area contributed by atoms with Crippen LogP contribution >= 0.6 is 11.6 Å². The van der Waals surface area contributed by atoms with E-state index in [1.165, 1.54) is 17.1 Å². The predicted molar refractivity (Wildman–Crippen MR) is 141 cm³/mol. The van der Waals surface area contributed by atoms with Crippen molar-refractivity contribution >= 4 is 51.4 Å². The monoisotopic (exact) mass is 543 g/mol. The van der Waals surface area contributed by atoms with Crippen molar-refractivity contribution in [2.24, 2.45) is 5.10 Å². The number of carbonyl (C=O) groups excluding carboxylic acids is 2. The van der Waals surface area contributed by atoms with Crippen LogP contribution in [0.15, 0.2) is 53.6 Å². The lowest BCUT2D eigenvalue weighted by Gasteiger charge is -2.31. The zero-order valence-electron chi connectivity index (χ0n) is 20.5. The summed E-state index contributed by atoms with van der Waals surface area (Å²) >= 11 is 6.09. The van der Waals surface area contributed by atoms with Crippen molar-refractivity contribution in [1.82, 2.24) is 10.3 Å². The highest BCUT2D eigenvalue weighted by Gasteiger charge is 2.34. The van der Waals surface area contributed by atoms with Crippen molar-refractivity contribution in [1.29, 1.82) is 0 Å². The quantitative estimate of drug-likeness (QED) is 0.403. The maximum Gasteiger partial charge on any atom is 0.433 e. The molecule has 1 aliphatic carbocycles. The molecule has 0 bridgehead atoms. The van der Waals surface area contributed by atoms with Crippen LogP contribution in [-0.2, 0) is 11.0 Å². The molecule has 0 radical (unpaired) electrons. The Balaban J connectivity index is 1.20. The van der Waals surface area contributed by atoms with Crippen LogP contribution in [0.5, 0.6) is 0 Å². The lowest BCUT2D eigenvalue weighted by Crippen LogP contribution is -2.40. The number of halogens is 4. The molecule has 0 atom stereocenters. The lowest BCUT2D eigenvalue weighted by molar-refractivity contribution is -0.140. The fourth-order valence-corrected chi connectivity index (χ4v) is 5.02. The minimum absolute atomic E-state index is 0.0537. The molecule has 2 aliphatic rings. The number of nitrogens with zero attached hydrogens (tertiary/aromatic N) is 3. The Bertz CT molecular complexity index is 1420. The van der Waals surface area contributed by atoms with E-state index in [4.69, 9.17) is 11.6 Å². The summed E-state index contributed by atoms with van der Waals surface area (Å²) in [6, 6.07) is 12.2. The number of nitrogens with one attached hydrogen (secondary N) is 2. The van der Waals surface area contributed by atoms with Gasteiger partial charge in [-0.1, -0.05) is 11.6 Å². The van der Waals surface area contributed by atoms with E-state index < -0.39 is 11.9 Å². The Morgan fingerprint density at radius 1 is 1.03 bits per heavy atom. The maximum atomic E-state index is 13.4. The number of benzene rings is 2. The standard InChI is InChI=1S/C27H25ClF3N5O2/c1-15-12-25(37)36(35-15)20-9-2-16(3-10-20)26(38)33-19-7-5-18(6-8-19)32-23-14-24(27(29,30)31)34-22-11-4-17(28)13-21(22)23/h2-4,9-11,13-14,18-19H,5-8,12H2,1H3,(H,32,34)(H,33,38)/t18-,19+. The Hall–Kier alpha value is -3.66. The number of amides is 2. The summed E-state index contributed by atoms with van der Waals surface area (Å²) in [5, 5.41) is 12.8. The van der Waals surface area contributed by atoms with Crippen LogP contribution in [0.1, 0.15) is 55.1 Å². The SMILES string of the molecule is CC1=NN(c2ccc(C(=O)N[C@H]3CC[C@@H](Nc4cc(C(F)(F)F)nc5ccc(Cl)cc45)CC3)cc2)C(=O)C1. The van der Waals surface area contributed by atoms with Crippen LogP contribution in [0.25, 0.3) is 10.9 Å². The maximum absolute atomic E-state index is 13.4. The summed E-state index contributed by atoms with van der Waals surface area (Å²) in [5.74, 6) is -0.326. The molecule has 0 saturated heterocycles. The molecule has 1 aliphatic heterocycles. The molecule has 2 heterocycles. The molecular formula is C27H25ClF3N5O2. The number of rotatable bonds is 5. The van der Waals surface area contributed by atoms with Gasteiger partial charge in [-0.3, -0.25) is 9.59 Å². The molecule has 0 spiro atoms. The summed E-state index contributed by atoms with van der Waals surface area (Å²) in [5.41, 5.74) is 1.42. The number of aromatic nitrogens is 1. The summed E-state index contributed by atoms with van der Waals surface area (Å²) in [6.45, 7) is 1.79. The first kappa shape index (κ1) is 26.0. The van der Waals surface area contributed by atoms with Gasteiger partial charge in [0.1, 0.15) is 5.69 Å². The van der Waals surface area contributed by atoms with Gasteiger partial charge < -0.3 is 10.6 Å². The van der Waals surface area contributed by atoms with Crippen molar-refractivity contribution in [3.8, 4) is 0 Å². The third-order valence-corrected chi connectivity index (χ3v) is 7.01. The van der Waals surface area contributed by atoms with Gasteiger partial charge in [-0.25, -0.2) is 9.99 Å². The van der Waals surface area contributed by atoms with Gasteiger partial charge in [0.2, 0.25) is 0 Å². The Labute approximate surface area is 222 Å². The Kier molecular flexibility index (Phi) is 7.00. The highest BCUT2D eigenvalue weighted by molar-refractivity contribution is 6.31. The minimum Gasteiger partial charge on any atom is -0.382 e. The third kappa shape index (κ3) is 5.60. The van der Waals surface area contributed by atoms with Gasteiger partial charge in [0, 0.05) is 39.5 Å². The molecule has 5 rings (SSSR count). The largest absolute Gasteiger partial charge is 0.433 e. The normalized spacial score (nSPS) is 20.0. The van der Waals surface area contributed by atoms with Crippen molar-refractivity contribution in [2.45, 2.75) is 57.3 Å². The smallest absolute Gasteiger partial charge is 0.382 e. The van der Waals surface area contributed by atoms with E-state index in [0.29, 0.717) is 53.0 Å². The number of carbonyl (C=O) groups is 2. The van der Waals surface area contributed by atoms with E-state index in [9.17, 15) is 22.8 Å². The van der Waals surface area contributed by atoms with Gasteiger partial charge in [0.05, 0.1) is 17.6 Å².